The molecule has 0 unspecified atom stereocenters. The molecule has 24 heavy (non-hydrogen) atoms. The quantitative estimate of drug-likeness (QED) is 0.430. The highest BCUT2D eigenvalue weighted by Gasteiger charge is 2.45. The van der Waals surface area contributed by atoms with E-state index >= 15 is 0 Å². The average Bonchev–Trinajstić information content (AvgIpc) is 2.73. The number of rotatable bonds is 6. The van der Waals surface area contributed by atoms with Gasteiger partial charge in [0, 0.05) is 5.56 Å². The molecule has 1 heterocycles. The van der Waals surface area contributed by atoms with Gasteiger partial charge in [0.25, 0.3) is 0 Å². The molecule has 1 saturated heterocycles. The van der Waals surface area contributed by atoms with Gasteiger partial charge < -0.3 is 10.5 Å². The van der Waals surface area contributed by atoms with Crippen LogP contribution in [0.25, 0.3) is 0 Å². The average molecular weight is 333 g/mol. The van der Waals surface area contributed by atoms with Crippen molar-refractivity contribution in [3.63, 3.8) is 0 Å². The van der Waals surface area contributed by atoms with Crippen LogP contribution >= 0.6 is 0 Å². The van der Waals surface area contributed by atoms with Crippen molar-refractivity contribution in [1.29, 1.82) is 0 Å². The second-order valence-corrected chi connectivity index (χ2v) is 4.93. The molecular weight excluding hydrogens is 318 g/mol. The Bertz CT molecular complexity index is 730. The predicted molar refractivity (Wildman–Crippen MR) is 79.3 cm³/mol. The third-order valence-corrected chi connectivity index (χ3v) is 3.28. The summed E-state index contributed by atoms with van der Waals surface area (Å²) in [5, 5.41) is 0. The summed E-state index contributed by atoms with van der Waals surface area (Å²) in [5.41, 5.74) is 5.83. The van der Waals surface area contributed by atoms with Crippen LogP contribution in [0.4, 0.5) is 4.79 Å². The first-order valence-corrected chi connectivity index (χ1v) is 7.06. The zero-order chi connectivity index (χ0) is 17.9. The van der Waals surface area contributed by atoms with Crippen molar-refractivity contribution in [2.24, 2.45) is 5.73 Å². The summed E-state index contributed by atoms with van der Waals surface area (Å²) in [5.74, 6) is -3.59. The lowest BCUT2D eigenvalue weighted by molar-refractivity contribution is -0.148. The van der Waals surface area contributed by atoms with Gasteiger partial charge in [-0.1, -0.05) is 12.1 Å². The summed E-state index contributed by atoms with van der Waals surface area (Å²) < 4.78 is 4.67. The van der Waals surface area contributed by atoms with Crippen LogP contribution in [-0.2, 0) is 25.7 Å². The number of hydrogen-bond acceptors (Lipinski definition) is 6. The molecule has 2 N–H and O–H groups in total. The van der Waals surface area contributed by atoms with E-state index in [-0.39, 0.29) is 18.7 Å². The van der Waals surface area contributed by atoms with Gasteiger partial charge in [0.15, 0.2) is 0 Å². The van der Waals surface area contributed by atoms with Crippen molar-refractivity contribution in [2.75, 3.05) is 13.2 Å². The topological polar surface area (TPSA) is 127 Å². The maximum atomic E-state index is 12.2. The van der Waals surface area contributed by atoms with Crippen LogP contribution < -0.4 is 5.73 Å². The molecule has 0 saturated carbocycles. The molecule has 0 aliphatic carbocycles. The molecule has 2 rings (SSSR count). The van der Waals surface area contributed by atoms with Crippen molar-refractivity contribution in [3.8, 4) is 0 Å². The van der Waals surface area contributed by atoms with E-state index in [1.54, 1.807) is 19.1 Å². The van der Waals surface area contributed by atoms with E-state index in [0.717, 1.165) is 0 Å². The van der Waals surface area contributed by atoms with Crippen LogP contribution in [0.15, 0.2) is 24.3 Å². The fourth-order valence-electron chi connectivity index (χ4n) is 2.17. The molecule has 126 valence electrons. The lowest BCUT2D eigenvalue weighted by atomic mass is 10.1. The van der Waals surface area contributed by atoms with Gasteiger partial charge in [-0.2, -0.15) is 0 Å². The second kappa shape index (κ2) is 6.90. The van der Waals surface area contributed by atoms with Gasteiger partial charge in [0.1, 0.15) is 6.54 Å². The smallest absolute Gasteiger partial charge is 0.335 e. The number of carbonyl (C=O) groups excluding carboxylic acids is 5. The van der Waals surface area contributed by atoms with Gasteiger partial charge in [-0.15, -0.1) is 0 Å². The maximum Gasteiger partial charge on any atom is 0.335 e. The zero-order valence-electron chi connectivity index (χ0n) is 12.9. The van der Waals surface area contributed by atoms with E-state index in [0.29, 0.717) is 15.4 Å². The molecule has 0 aromatic heterocycles. The molecule has 9 nitrogen and oxygen atoms in total. The second-order valence-electron chi connectivity index (χ2n) is 4.93. The van der Waals surface area contributed by atoms with E-state index in [2.05, 4.69) is 4.74 Å². The summed E-state index contributed by atoms with van der Waals surface area (Å²) in [7, 11) is 0. The van der Waals surface area contributed by atoms with Crippen molar-refractivity contribution in [3.05, 3.63) is 35.4 Å². The third-order valence-electron chi connectivity index (χ3n) is 3.28. The zero-order valence-corrected chi connectivity index (χ0v) is 12.9. The number of benzene rings is 1. The standard InChI is InChI=1S/C15H15N3O6/c1-2-24-11(19)8-18-14(22)13(21)17(15(18)23)7-9-4-3-5-10(6-9)12(16)20/h3-6H,2,7-8H2,1H3,(H2,16,20). The number of carbonyl (C=O) groups is 5. The van der Waals surface area contributed by atoms with Crippen LogP contribution in [-0.4, -0.2) is 52.7 Å². The van der Waals surface area contributed by atoms with Crippen LogP contribution in [0.3, 0.4) is 0 Å². The first kappa shape index (κ1) is 17.1. The van der Waals surface area contributed by atoms with E-state index in [1.807, 2.05) is 0 Å². The fourth-order valence-corrected chi connectivity index (χ4v) is 2.17. The fraction of sp³-hybridized carbons (Fsp3) is 0.267. The Balaban J connectivity index is 2.16. The minimum absolute atomic E-state index is 0.0899. The summed E-state index contributed by atoms with van der Waals surface area (Å²) in [4.78, 5) is 59.8. The molecule has 1 aliphatic rings. The van der Waals surface area contributed by atoms with E-state index in [4.69, 9.17) is 5.73 Å². The van der Waals surface area contributed by atoms with Crippen molar-refractivity contribution in [2.45, 2.75) is 13.5 Å². The number of urea groups is 1. The van der Waals surface area contributed by atoms with Crippen LogP contribution in [0.2, 0.25) is 0 Å². The molecule has 1 fully saturated rings. The monoisotopic (exact) mass is 333 g/mol. The Morgan fingerprint density at radius 3 is 2.42 bits per heavy atom. The van der Waals surface area contributed by atoms with Crippen molar-refractivity contribution in [1.82, 2.24) is 9.80 Å². The lowest BCUT2D eigenvalue weighted by Crippen LogP contribution is -2.37. The molecule has 1 aromatic carbocycles. The normalized spacial score (nSPS) is 14.3. The summed E-state index contributed by atoms with van der Waals surface area (Å²) in [6.45, 7) is 0.820. The van der Waals surface area contributed by atoms with E-state index in [1.165, 1.54) is 12.1 Å². The van der Waals surface area contributed by atoms with Gasteiger partial charge in [-0.3, -0.25) is 24.1 Å². The van der Waals surface area contributed by atoms with Crippen molar-refractivity contribution >= 4 is 29.7 Å². The summed E-state index contributed by atoms with van der Waals surface area (Å²) in [6.07, 6.45) is 0. The number of imide groups is 2. The Hall–Kier alpha value is -3.23. The van der Waals surface area contributed by atoms with Crippen LogP contribution in [0.1, 0.15) is 22.8 Å². The Morgan fingerprint density at radius 2 is 1.79 bits per heavy atom. The first-order chi connectivity index (χ1) is 11.3. The highest BCUT2D eigenvalue weighted by atomic mass is 16.5. The minimum atomic E-state index is -1.10. The van der Waals surface area contributed by atoms with E-state index < -0.39 is 36.3 Å². The highest BCUT2D eigenvalue weighted by Crippen LogP contribution is 2.16. The van der Waals surface area contributed by atoms with Crippen LogP contribution in [0, 0.1) is 0 Å². The Kier molecular flexibility index (Phi) is 4.93. The largest absolute Gasteiger partial charge is 0.465 e. The summed E-state index contributed by atoms with van der Waals surface area (Å²) in [6, 6.07) is 5.10. The minimum Gasteiger partial charge on any atom is -0.465 e. The number of hydrogen-bond donors (Lipinski definition) is 1. The van der Waals surface area contributed by atoms with Gasteiger partial charge >= 0.3 is 23.8 Å². The summed E-state index contributed by atoms with van der Waals surface area (Å²) >= 11 is 0. The van der Waals surface area contributed by atoms with Gasteiger partial charge in [0.05, 0.1) is 13.2 Å². The molecule has 0 spiro atoms. The number of ether oxygens (including phenoxy) is 1. The number of nitrogens with two attached hydrogens (primary N) is 1. The number of primary amides is 1. The SMILES string of the molecule is CCOC(=O)CN1C(=O)C(=O)N(Cc2cccc(C(N)=O)c2)C1=O. The molecule has 0 bridgehead atoms. The molecular formula is C15H15N3O6. The number of nitrogens with zero attached hydrogens (tertiary/aromatic N) is 2. The molecule has 9 heteroatoms. The van der Waals surface area contributed by atoms with Gasteiger partial charge in [-0.05, 0) is 24.6 Å². The molecule has 1 aromatic rings. The highest BCUT2D eigenvalue weighted by molar-refractivity contribution is 6.44. The van der Waals surface area contributed by atoms with E-state index in [9.17, 15) is 24.0 Å². The van der Waals surface area contributed by atoms with Crippen molar-refractivity contribution < 1.29 is 28.7 Å². The van der Waals surface area contributed by atoms with Crippen LogP contribution in [0.5, 0.6) is 0 Å². The maximum absolute atomic E-state index is 12.2. The Labute approximate surface area is 136 Å². The molecule has 0 radical (unpaired) electrons. The van der Waals surface area contributed by atoms with Gasteiger partial charge in [-0.25, -0.2) is 9.69 Å². The lowest BCUT2D eigenvalue weighted by Gasteiger charge is -2.15. The predicted octanol–water partition coefficient (Wildman–Crippen LogP) is -0.361. The molecule has 0 atom stereocenters. The number of esters is 1. The molecule has 5 amide bonds. The number of amides is 5. The third kappa shape index (κ3) is 3.40. The first-order valence-electron chi connectivity index (χ1n) is 7.06. The van der Waals surface area contributed by atoms with Gasteiger partial charge in [0.2, 0.25) is 5.91 Å². The molecule has 1 aliphatic heterocycles. The Morgan fingerprint density at radius 1 is 1.12 bits per heavy atom.